The summed E-state index contributed by atoms with van der Waals surface area (Å²) < 4.78 is 14.6. The number of rotatable bonds is 10. The van der Waals surface area contributed by atoms with Crippen molar-refractivity contribution in [1.29, 1.82) is 0 Å². The van der Waals surface area contributed by atoms with E-state index in [9.17, 15) is 4.79 Å². The Morgan fingerprint density at radius 1 is 0.793 bits per heavy atom. The van der Waals surface area contributed by atoms with Crippen molar-refractivity contribution >= 4 is 0 Å². The molecule has 2 aromatic carbocycles. The van der Waals surface area contributed by atoms with E-state index in [-0.39, 0.29) is 5.69 Å². The van der Waals surface area contributed by atoms with Gasteiger partial charge >= 0.3 is 5.69 Å². The van der Waals surface area contributed by atoms with Crippen LogP contribution in [0.2, 0.25) is 0 Å². The lowest BCUT2D eigenvalue weighted by molar-refractivity contribution is 0.261. The third-order valence-corrected chi connectivity index (χ3v) is 4.58. The van der Waals surface area contributed by atoms with Crippen molar-refractivity contribution in [3.05, 3.63) is 71.4 Å². The lowest BCUT2D eigenvalue weighted by atomic mass is 10.3. The van der Waals surface area contributed by atoms with Gasteiger partial charge in [-0.3, -0.25) is 9.13 Å². The molecule has 0 radical (unpaired) electrons. The van der Waals surface area contributed by atoms with Gasteiger partial charge in [0.1, 0.15) is 18.1 Å². The first-order valence-corrected chi connectivity index (χ1v) is 9.99. The summed E-state index contributed by atoms with van der Waals surface area (Å²) in [7, 11) is 4.02. The number of benzene rings is 2. The van der Waals surface area contributed by atoms with E-state index >= 15 is 0 Å². The van der Waals surface area contributed by atoms with Crippen molar-refractivity contribution in [3.8, 4) is 22.9 Å². The summed E-state index contributed by atoms with van der Waals surface area (Å²) in [6, 6.07) is 15.1. The molecular weight excluding hydrogens is 366 g/mol. The van der Waals surface area contributed by atoms with Crippen LogP contribution in [0.4, 0.5) is 0 Å². The molecular formula is C23H29N3O3. The number of hydrogen-bond acceptors (Lipinski definition) is 4. The van der Waals surface area contributed by atoms with Crippen LogP contribution in [0.1, 0.15) is 19.8 Å². The monoisotopic (exact) mass is 395 g/mol. The Morgan fingerprint density at radius 3 is 1.72 bits per heavy atom. The number of aromatic nitrogens is 2. The number of hydrogen-bond donors (Lipinski definition) is 0. The summed E-state index contributed by atoms with van der Waals surface area (Å²) in [6.45, 7) is 4.32. The molecule has 0 aliphatic rings. The number of nitrogens with zero attached hydrogens (tertiary/aromatic N) is 3. The maximum absolute atomic E-state index is 12.9. The molecule has 154 valence electrons. The fourth-order valence-electron chi connectivity index (χ4n) is 2.86. The van der Waals surface area contributed by atoms with Crippen LogP contribution in [0.15, 0.2) is 65.7 Å². The zero-order valence-corrected chi connectivity index (χ0v) is 17.4. The summed E-state index contributed by atoms with van der Waals surface area (Å²) in [5, 5.41) is 0. The summed E-state index contributed by atoms with van der Waals surface area (Å²) in [5.74, 6) is 1.61. The minimum absolute atomic E-state index is 0.120. The van der Waals surface area contributed by atoms with Gasteiger partial charge in [0.15, 0.2) is 0 Å². The van der Waals surface area contributed by atoms with Crippen LogP contribution in [0.25, 0.3) is 11.4 Å². The lowest BCUT2D eigenvalue weighted by Gasteiger charge is -2.11. The average Bonchev–Trinajstić information content (AvgIpc) is 3.10. The van der Waals surface area contributed by atoms with E-state index in [1.807, 2.05) is 62.6 Å². The van der Waals surface area contributed by atoms with Crippen LogP contribution in [0, 0.1) is 0 Å². The van der Waals surface area contributed by atoms with Gasteiger partial charge in [-0.25, -0.2) is 4.79 Å². The molecule has 6 heteroatoms. The molecule has 29 heavy (non-hydrogen) atoms. The van der Waals surface area contributed by atoms with Gasteiger partial charge in [0.05, 0.1) is 18.0 Å². The predicted octanol–water partition coefficient (Wildman–Crippen LogP) is 3.75. The quantitative estimate of drug-likeness (QED) is 0.491. The Morgan fingerprint density at radius 2 is 1.28 bits per heavy atom. The Balaban J connectivity index is 1.70. The van der Waals surface area contributed by atoms with Gasteiger partial charge in [-0.2, -0.15) is 0 Å². The van der Waals surface area contributed by atoms with Crippen LogP contribution >= 0.6 is 0 Å². The number of ether oxygens (including phenoxy) is 2. The van der Waals surface area contributed by atoms with E-state index in [4.69, 9.17) is 9.47 Å². The van der Waals surface area contributed by atoms with E-state index in [0.717, 1.165) is 42.3 Å². The van der Waals surface area contributed by atoms with Gasteiger partial charge in [-0.05, 0) is 69.0 Å². The van der Waals surface area contributed by atoms with Gasteiger partial charge in [-0.15, -0.1) is 0 Å². The fraction of sp³-hybridized carbons (Fsp3) is 0.348. The molecule has 3 aromatic rings. The normalized spacial score (nSPS) is 11.0. The molecule has 0 saturated carbocycles. The second kappa shape index (κ2) is 9.98. The van der Waals surface area contributed by atoms with Crippen LogP contribution < -0.4 is 15.2 Å². The number of likely N-dealkylation sites (N-methyl/N-ethyl adjacent to an activating group) is 1. The van der Waals surface area contributed by atoms with Gasteiger partial charge in [0, 0.05) is 18.9 Å². The van der Waals surface area contributed by atoms with Crippen molar-refractivity contribution in [3.63, 3.8) is 0 Å². The zero-order valence-electron chi connectivity index (χ0n) is 17.4. The SMILES string of the molecule is CCCCOc1ccc(-n2ccn(-c3ccc(OCCN(C)C)cc3)c2=O)cc1. The topological polar surface area (TPSA) is 48.6 Å². The van der Waals surface area contributed by atoms with Gasteiger partial charge < -0.3 is 14.4 Å². The van der Waals surface area contributed by atoms with Gasteiger partial charge in [0.2, 0.25) is 0 Å². The molecule has 1 aromatic heterocycles. The van der Waals surface area contributed by atoms with Crippen molar-refractivity contribution in [2.45, 2.75) is 19.8 Å². The highest BCUT2D eigenvalue weighted by atomic mass is 16.5. The smallest absolute Gasteiger partial charge is 0.337 e. The first kappa shape index (κ1) is 20.7. The summed E-state index contributed by atoms with van der Waals surface area (Å²) in [4.78, 5) is 14.9. The minimum Gasteiger partial charge on any atom is -0.494 e. The largest absolute Gasteiger partial charge is 0.494 e. The average molecular weight is 396 g/mol. The molecule has 0 bridgehead atoms. The first-order valence-electron chi connectivity index (χ1n) is 9.99. The Kier molecular flexibility index (Phi) is 7.14. The molecule has 0 fully saturated rings. The molecule has 0 spiro atoms. The Labute approximate surface area is 171 Å². The highest BCUT2D eigenvalue weighted by Crippen LogP contribution is 2.17. The van der Waals surface area contributed by atoms with Crippen molar-refractivity contribution in [1.82, 2.24) is 14.0 Å². The minimum atomic E-state index is -0.120. The molecule has 0 aliphatic carbocycles. The van der Waals surface area contributed by atoms with E-state index in [1.165, 1.54) is 0 Å². The van der Waals surface area contributed by atoms with Gasteiger partial charge in [0.25, 0.3) is 0 Å². The fourth-order valence-corrected chi connectivity index (χ4v) is 2.86. The van der Waals surface area contributed by atoms with E-state index < -0.39 is 0 Å². The van der Waals surface area contributed by atoms with Crippen molar-refractivity contribution in [2.24, 2.45) is 0 Å². The van der Waals surface area contributed by atoms with Crippen LogP contribution in [-0.4, -0.2) is 47.9 Å². The molecule has 0 amide bonds. The molecule has 3 rings (SSSR count). The Bertz CT molecular complexity index is 941. The molecule has 0 saturated heterocycles. The van der Waals surface area contributed by atoms with Crippen LogP contribution in [-0.2, 0) is 0 Å². The molecule has 0 N–H and O–H groups in total. The molecule has 0 atom stereocenters. The third kappa shape index (κ3) is 5.51. The van der Waals surface area contributed by atoms with Crippen molar-refractivity contribution in [2.75, 3.05) is 33.9 Å². The lowest BCUT2D eigenvalue weighted by Crippen LogP contribution is -2.21. The maximum Gasteiger partial charge on any atom is 0.337 e. The van der Waals surface area contributed by atoms with Crippen LogP contribution in [0.3, 0.4) is 0 Å². The molecule has 0 aliphatic heterocycles. The predicted molar refractivity (Wildman–Crippen MR) is 116 cm³/mol. The summed E-state index contributed by atoms with van der Waals surface area (Å²) in [6.07, 6.45) is 5.68. The van der Waals surface area contributed by atoms with E-state index in [1.54, 1.807) is 21.5 Å². The van der Waals surface area contributed by atoms with E-state index in [0.29, 0.717) is 13.2 Å². The number of unbranched alkanes of at least 4 members (excludes halogenated alkanes) is 1. The van der Waals surface area contributed by atoms with E-state index in [2.05, 4.69) is 11.8 Å². The summed E-state index contributed by atoms with van der Waals surface area (Å²) >= 11 is 0. The first-order chi connectivity index (χ1) is 14.1. The Hall–Kier alpha value is -2.99. The molecule has 1 heterocycles. The second-order valence-corrected chi connectivity index (χ2v) is 7.16. The van der Waals surface area contributed by atoms with Crippen molar-refractivity contribution < 1.29 is 9.47 Å². The van der Waals surface area contributed by atoms with Gasteiger partial charge in [-0.1, -0.05) is 13.3 Å². The highest BCUT2D eigenvalue weighted by molar-refractivity contribution is 5.40. The standard InChI is InChI=1S/C23H29N3O3/c1-4-5-17-28-21-10-6-19(7-11-21)25-14-15-26(23(25)27)20-8-12-22(13-9-20)29-18-16-24(2)3/h6-15H,4-5,16-18H2,1-3H3. The zero-order chi connectivity index (χ0) is 20.6. The molecule has 0 unspecified atom stereocenters. The molecule has 6 nitrogen and oxygen atoms in total. The second-order valence-electron chi connectivity index (χ2n) is 7.16. The maximum atomic E-state index is 12.9. The summed E-state index contributed by atoms with van der Waals surface area (Å²) in [5.41, 5.74) is 1.49. The highest BCUT2D eigenvalue weighted by Gasteiger charge is 2.08. The number of imidazole rings is 1. The van der Waals surface area contributed by atoms with Crippen LogP contribution in [0.5, 0.6) is 11.5 Å². The third-order valence-electron chi connectivity index (χ3n) is 4.58.